The quantitative estimate of drug-likeness (QED) is 0.390. The van der Waals surface area contributed by atoms with E-state index in [2.05, 4.69) is 5.32 Å². The zero-order valence-electron chi connectivity index (χ0n) is 21.5. The lowest BCUT2D eigenvalue weighted by Crippen LogP contribution is -2.51. The number of nitrogens with one attached hydrogen (secondary N) is 1. The SMILES string of the molecule is CC(C)CNC(=O)C(C)N(Cc1ccc(F)cc1)C(=O)CN(c1ccc(F)cc1)S(=O)(=O)c1ccccc1. The summed E-state index contributed by atoms with van der Waals surface area (Å²) in [5, 5.41) is 2.79. The van der Waals surface area contributed by atoms with Crippen molar-refractivity contribution in [1.82, 2.24) is 10.2 Å². The van der Waals surface area contributed by atoms with Gasteiger partial charge in [-0.15, -0.1) is 0 Å². The van der Waals surface area contributed by atoms with E-state index >= 15 is 0 Å². The lowest BCUT2D eigenvalue weighted by molar-refractivity contribution is -0.139. The standard InChI is InChI=1S/C28H31F2N3O4S/c1-20(2)17-31-28(35)21(3)32(18-22-9-11-23(29)12-10-22)27(34)19-33(25-15-13-24(30)14-16-25)38(36,37)26-7-5-4-6-8-26/h4-16,20-21H,17-19H2,1-3H3,(H,31,35). The van der Waals surface area contributed by atoms with E-state index in [4.69, 9.17) is 0 Å². The van der Waals surface area contributed by atoms with Crippen molar-refractivity contribution >= 4 is 27.5 Å². The first-order valence-electron chi connectivity index (χ1n) is 12.1. The minimum atomic E-state index is -4.23. The number of carbonyl (C=O) groups excluding carboxylic acids is 2. The van der Waals surface area contributed by atoms with Gasteiger partial charge in [0.2, 0.25) is 11.8 Å². The van der Waals surface area contributed by atoms with Crippen molar-refractivity contribution < 1.29 is 26.8 Å². The van der Waals surface area contributed by atoms with Gasteiger partial charge >= 0.3 is 0 Å². The molecule has 38 heavy (non-hydrogen) atoms. The summed E-state index contributed by atoms with van der Waals surface area (Å²) in [6.07, 6.45) is 0. The molecule has 3 rings (SSSR count). The van der Waals surface area contributed by atoms with Crippen LogP contribution in [0.3, 0.4) is 0 Å². The zero-order chi connectivity index (χ0) is 27.9. The summed E-state index contributed by atoms with van der Waals surface area (Å²) >= 11 is 0. The molecular formula is C28H31F2N3O4S. The van der Waals surface area contributed by atoms with Gasteiger partial charge in [0.1, 0.15) is 24.2 Å². The van der Waals surface area contributed by atoms with Gasteiger partial charge in [0.05, 0.1) is 10.6 Å². The fraction of sp³-hybridized carbons (Fsp3) is 0.286. The van der Waals surface area contributed by atoms with Gasteiger partial charge < -0.3 is 10.2 Å². The number of hydrogen-bond donors (Lipinski definition) is 1. The van der Waals surface area contributed by atoms with E-state index in [-0.39, 0.29) is 23.0 Å². The number of sulfonamides is 1. The number of rotatable bonds is 11. The number of amides is 2. The molecule has 3 aromatic carbocycles. The average molecular weight is 544 g/mol. The Kier molecular flexibility index (Phi) is 9.57. The fourth-order valence-corrected chi connectivity index (χ4v) is 5.11. The van der Waals surface area contributed by atoms with Crippen molar-refractivity contribution in [2.75, 3.05) is 17.4 Å². The van der Waals surface area contributed by atoms with Crippen molar-refractivity contribution in [2.45, 2.75) is 38.3 Å². The molecule has 0 aromatic heterocycles. The normalized spacial score (nSPS) is 12.2. The highest BCUT2D eigenvalue weighted by atomic mass is 32.2. The number of anilines is 1. The Bertz CT molecular complexity index is 1330. The first-order chi connectivity index (χ1) is 18.0. The number of halogens is 2. The summed E-state index contributed by atoms with van der Waals surface area (Å²) in [6, 6.07) is 16.8. The van der Waals surface area contributed by atoms with Crippen LogP contribution in [-0.2, 0) is 26.2 Å². The minimum Gasteiger partial charge on any atom is -0.354 e. The molecule has 0 spiro atoms. The van der Waals surface area contributed by atoms with Crippen molar-refractivity contribution in [1.29, 1.82) is 0 Å². The third-order valence-corrected chi connectivity index (χ3v) is 7.63. The van der Waals surface area contributed by atoms with Gasteiger partial charge in [0, 0.05) is 13.1 Å². The Morgan fingerprint density at radius 1 is 0.842 bits per heavy atom. The maximum absolute atomic E-state index is 13.7. The average Bonchev–Trinajstić information content (AvgIpc) is 2.90. The van der Waals surface area contributed by atoms with Gasteiger partial charge in [-0.25, -0.2) is 17.2 Å². The number of benzene rings is 3. The summed E-state index contributed by atoms with van der Waals surface area (Å²) in [5.41, 5.74) is 0.643. The molecule has 10 heteroatoms. The summed E-state index contributed by atoms with van der Waals surface area (Å²) in [5.74, 6) is -1.91. The van der Waals surface area contributed by atoms with Crippen molar-refractivity contribution in [3.05, 3.63) is 96.1 Å². The summed E-state index contributed by atoms with van der Waals surface area (Å²) < 4.78 is 55.2. The van der Waals surface area contributed by atoms with E-state index in [0.717, 1.165) is 16.4 Å². The summed E-state index contributed by atoms with van der Waals surface area (Å²) in [6.45, 7) is 5.10. The van der Waals surface area contributed by atoms with Crippen LogP contribution in [0.25, 0.3) is 0 Å². The molecule has 1 N–H and O–H groups in total. The Hall–Kier alpha value is -3.79. The second-order valence-corrected chi connectivity index (χ2v) is 11.1. The van der Waals surface area contributed by atoms with E-state index in [1.807, 2.05) is 13.8 Å². The molecule has 0 heterocycles. The topological polar surface area (TPSA) is 86.8 Å². The molecule has 0 saturated carbocycles. The van der Waals surface area contributed by atoms with Crippen LogP contribution in [0.5, 0.6) is 0 Å². The Balaban J connectivity index is 1.98. The summed E-state index contributed by atoms with van der Waals surface area (Å²) in [4.78, 5) is 27.8. The van der Waals surface area contributed by atoms with Crippen molar-refractivity contribution in [2.24, 2.45) is 5.92 Å². The first-order valence-corrected chi connectivity index (χ1v) is 13.6. The number of nitrogens with zero attached hydrogens (tertiary/aromatic N) is 2. The molecule has 0 saturated heterocycles. The number of hydrogen-bond acceptors (Lipinski definition) is 4. The second kappa shape index (κ2) is 12.6. The van der Waals surface area contributed by atoms with Gasteiger partial charge in [-0.05, 0) is 66.9 Å². The predicted octanol–water partition coefficient (Wildman–Crippen LogP) is 4.35. The molecule has 7 nitrogen and oxygen atoms in total. The third kappa shape index (κ3) is 7.38. The maximum Gasteiger partial charge on any atom is 0.264 e. The molecule has 1 unspecified atom stereocenters. The Morgan fingerprint density at radius 2 is 1.39 bits per heavy atom. The molecular weight excluding hydrogens is 512 g/mol. The van der Waals surface area contributed by atoms with Crippen molar-refractivity contribution in [3.63, 3.8) is 0 Å². The largest absolute Gasteiger partial charge is 0.354 e. The van der Waals surface area contributed by atoms with E-state index in [1.54, 1.807) is 25.1 Å². The molecule has 0 aliphatic heterocycles. The molecule has 202 valence electrons. The highest BCUT2D eigenvalue weighted by Gasteiger charge is 2.32. The highest BCUT2D eigenvalue weighted by molar-refractivity contribution is 7.92. The highest BCUT2D eigenvalue weighted by Crippen LogP contribution is 2.25. The molecule has 0 radical (unpaired) electrons. The molecule has 0 bridgehead atoms. The van der Waals surface area contributed by atoms with E-state index in [1.165, 1.54) is 53.4 Å². The number of carbonyl (C=O) groups is 2. The molecule has 2 amide bonds. The zero-order valence-corrected chi connectivity index (χ0v) is 22.3. The molecule has 3 aromatic rings. The van der Waals surface area contributed by atoms with Gasteiger partial charge in [-0.3, -0.25) is 13.9 Å². The molecule has 0 fully saturated rings. The maximum atomic E-state index is 13.7. The molecule has 1 atom stereocenters. The van der Waals surface area contributed by atoms with Crippen LogP contribution in [0.15, 0.2) is 83.8 Å². The first kappa shape index (κ1) is 28.8. The van der Waals surface area contributed by atoms with Gasteiger partial charge in [0.15, 0.2) is 0 Å². The van der Waals surface area contributed by atoms with Crippen LogP contribution in [0.4, 0.5) is 14.5 Å². The van der Waals surface area contributed by atoms with Gasteiger partial charge in [0.25, 0.3) is 10.0 Å². The summed E-state index contributed by atoms with van der Waals surface area (Å²) in [7, 11) is -4.23. The lowest BCUT2D eigenvalue weighted by Gasteiger charge is -2.32. The van der Waals surface area contributed by atoms with Crippen LogP contribution in [-0.4, -0.2) is 44.3 Å². The van der Waals surface area contributed by atoms with E-state index in [9.17, 15) is 26.8 Å². The third-order valence-electron chi connectivity index (χ3n) is 5.84. The minimum absolute atomic E-state index is 0.0510. The van der Waals surface area contributed by atoms with Crippen molar-refractivity contribution in [3.8, 4) is 0 Å². The van der Waals surface area contributed by atoms with Gasteiger partial charge in [-0.1, -0.05) is 44.2 Å². The second-order valence-electron chi connectivity index (χ2n) is 9.26. The van der Waals surface area contributed by atoms with E-state index < -0.39 is 46.1 Å². The van der Waals surface area contributed by atoms with E-state index in [0.29, 0.717) is 12.1 Å². The van der Waals surface area contributed by atoms with Crippen LogP contribution in [0.1, 0.15) is 26.3 Å². The molecule has 0 aliphatic carbocycles. The Labute approximate surface area is 222 Å². The lowest BCUT2D eigenvalue weighted by atomic mass is 10.1. The van der Waals surface area contributed by atoms with Gasteiger partial charge in [-0.2, -0.15) is 0 Å². The van der Waals surface area contributed by atoms with Crippen LogP contribution < -0.4 is 9.62 Å². The Morgan fingerprint density at radius 3 is 1.95 bits per heavy atom. The molecule has 0 aliphatic rings. The smallest absolute Gasteiger partial charge is 0.264 e. The van der Waals surface area contributed by atoms with Crippen LogP contribution >= 0.6 is 0 Å². The van der Waals surface area contributed by atoms with Crippen LogP contribution in [0, 0.1) is 17.6 Å². The predicted molar refractivity (Wildman–Crippen MR) is 142 cm³/mol. The monoisotopic (exact) mass is 543 g/mol. The van der Waals surface area contributed by atoms with Crippen LogP contribution in [0.2, 0.25) is 0 Å². The fourth-order valence-electron chi connectivity index (χ4n) is 3.68.